The fraction of sp³-hybridized carbons (Fsp3) is 0.647. The molecule has 1 fully saturated rings. The van der Waals surface area contributed by atoms with Crippen molar-refractivity contribution in [2.24, 2.45) is 5.92 Å². The molecule has 0 aliphatic heterocycles. The van der Waals surface area contributed by atoms with Crippen LogP contribution >= 0.6 is 11.6 Å². The van der Waals surface area contributed by atoms with Crippen LogP contribution in [0.3, 0.4) is 0 Å². The maximum atomic E-state index is 6.51. The molecule has 1 atom stereocenters. The van der Waals surface area contributed by atoms with Crippen molar-refractivity contribution in [1.29, 1.82) is 0 Å². The van der Waals surface area contributed by atoms with E-state index in [1.807, 2.05) is 19.1 Å². The zero-order valence-corrected chi connectivity index (χ0v) is 12.7. The van der Waals surface area contributed by atoms with Crippen molar-refractivity contribution in [3.8, 4) is 5.75 Å². The second kappa shape index (κ2) is 7.79. The first-order valence-electron chi connectivity index (χ1n) is 7.66. The van der Waals surface area contributed by atoms with Gasteiger partial charge in [-0.1, -0.05) is 44.2 Å². The zero-order valence-electron chi connectivity index (χ0n) is 11.9. The summed E-state index contributed by atoms with van der Waals surface area (Å²) in [6.07, 6.45) is 9.46. The van der Waals surface area contributed by atoms with E-state index in [9.17, 15) is 0 Å². The Hall–Kier alpha value is -0.690. The molecule has 19 heavy (non-hydrogen) atoms. The summed E-state index contributed by atoms with van der Waals surface area (Å²) in [6, 6.07) is 8.25. The fourth-order valence-corrected chi connectivity index (χ4v) is 3.24. The lowest BCUT2D eigenvalue weighted by atomic mass is 9.85. The molecule has 0 N–H and O–H groups in total. The van der Waals surface area contributed by atoms with Crippen LogP contribution in [0, 0.1) is 5.92 Å². The fourth-order valence-electron chi connectivity index (χ4n) is 2.96. The van der Waals surface area contributed by atoms with E-state index in [2.05, 4.69) is 12.1 Å². The van der Waals surface area contributed by atoms with E-state index in [-0.39, 0.29) is 5.38 Å². The van der Waals surface area contributed by atoms with Gasteiger partial charge in [0.1, 0.15) is 5.75 Å². The molecule has 1 unspecified atom stereocenters. The summed E-state index contributed by atoms with van der Waals surface area (Å²) >= 11 is 6.51. The molecular weight excluding hydrogens is 256 g/mol. The first kappa shape index (κ1) is 14.7. The van der Waals surface area contributed by atoms with E-state index >= 15 is 0 Å². The Labute approximate surface area is 122 Å². The molecule has 0 amide bonds. The van der Waals surface area contributed by atoms with Crippen molar-refractivity contribution in [1.82, 2.24) is 0 Å². The molecule has 0 saturated heterocycles. The highest BCUT2D eigenvalue weighted by atomic mass is 35.5. The zero-order chi connectivity index (χ0) is 13.5. The molecule has 0 aromatic heterocycles. The Morgan fingerprint density at radius 1 is 1.16 bits per heavy atom. The third-order valence-corrected chi connectivity index (χ3v) is 4.58. The van der Waals surface area contributed by atoms with Crippen molar-refractivity contribution in [2.45, 2.75) is 57.2 Å². The molecule has 0 spiro atoms. The summed E-state index contributed by atoms with van der Waals surface area (Å²) in [6.45, 7) is 2.72. The van der Waals surface area contributed by atoms with Gasteiger partial charge in [0.2, 0.25) is 0 Å². The minimum absolute atomic E-state index is 0.151. The molecule has 1 nitrogen and oxygen atoms in total. The van der Waals surface area contributed by atoms with Gasteiger partial charge < -0.3 is 4.74 Å². The first-order valence-corrected chi connectivity index (χ1v) is 8.10. The van der Waals surface area contributed by atoms with Crippen LogP contribution in [0.15, 0.2) is 24.3 Å². The minimum atomic E-state index is 0.151. The number of ether oxygens (including phenoxy) is 1. The van der Waals surface area contributed by atoms with Crippen molar-refractivity contribution in [3.05, 3.63) is 29.8 Å². The smallest absolute Gasteiger partial charge is 0.119 e. The molecule has 1 aliphatic carbocycles. The first-order chi connectivity index (χ1) is 9.29. The lowest BCUT2D eigenvalue weighted by molar-refractivity contribution is 0.331. The van der Waals surface area contributed by atoms with Gasteiger partial charge in [0.25, 0.3) is 0 Å². The monoisotopic (exact) mass is 280 g/mol. The molecular formula is C17H25ClO. The van der Waals surface area contributed by atoms with E-state index < -0.39 is 0 Å². The number of halogens is 1. The van der Waals surface area contributed by atoms with E-state index in [1.54, 1.807) is 0 Å². The van der Waals surface area contributed by atoms with Gasteiger partial charge in [0, 0.05) is 0 Å². The van der Waals surface area contributed by atoms with Crippen molar-refractivity contribution >= 4 is 11.6 Å². The number of alkyl halides is 1. The molecule has 0 radical (unpaired) electrons. The standard InChI is InChI=1S/C17H25ClO/c1-2-19-16-11-9-15(10-12-16)17(18)13-8-14-6-4-3-5-7-14/h9-12,14,17H,2-8,13H2,1H3. The van der Waals surface area contributed by atoms with Gasteiger partial charge in [-0.2, -0.15) is 0 Å². The molecule has 1 aromatic carbocycles. The third-order valence-electron chi connectivity index (χ3n) is 4.11. The molecule has 106 valence electrons. The van der Waals surface area contributed by atoms with E-state index in [1.165, 1.54) is 44.1 Å². The highest BCUT2D eigenvalue weighted by Crippen LogP contribution is 2.33. The predicted octanol–water partition coefficient (Wildman–Crippen LogP) is 5.73. The normalized spacial score (nSPS) is 18.2. The van der Waals surface area contributed by atoms with Crippen LogP contribution in [0.4, 0.5) is 0 Å². The van der Waals surface area contributed by atoms with Crippen LogP contribution in [-0.4, -0.2) is 6.61 Å². The summed E-state index contributed by atoms with van der Waals surface area (Å²) < 4.78 is 5.45. The Bertz CT molecular complexity index is 354. The van der Waals surface area contributed by atoms with Crippen molar-refractivity contribution in [2.75, 3.05) is 6.61 Å². The molecule has 2 heteroatoms. The van der Waals surface area contributed by atoms with Gasteiger partial charge in [0.15, 0.2) is 0 Å². The lowest BCUT2D eigenvalue weighted by Gasteiger charge is -2.22. The molecule has 1 aromatic rings. The second-order valence-electron chi connectivity index (χ2n) is 5.55. The molecule has 2 rings (SSSR count). The van der Waals surface area contributed by atoms with Crippen LogP contribution in [-0.2, 0) is 0 Å². The summed E-state index contributed by atoms with van der Waals surface area (Å²) in [7, 11) is 0. The van der Waals surface area contributed by atoms with Crippen LogP contribution in [0.2, 0.25) is 0 Å². The van der Waals surface area contributed by atoms with Gasteiger partial charge in [0.05, 0.1) is 12.0 Å². The SMILES string of the molecule is CCOc1ccc(C(Cl)CCC2CCCCC2)cc1. The summed E-state index contributed by atoms with van der Waals surface area (Å²) in [4.78, 5) is 0. The van der Waals surface area contributed by atoms with Gasteiger partial charge in [-0.15, -0.1) is 11.6 Å². The minimum Gasteiger partial charge on any atom is -0.494 e. The highest BCUT2D eigenvalue weighted by molar-refractivity contribution is 6.20. The molecule has 1 saturated carbocycles. The third kappa shape index (κ3) is 4.72. The van der Waals surface area contributed by atoms with Gasteiger partial charge in [-0.25, -0.2) is 0 Å². The average molecular weight is 281 g/mol. The van der Waals surface area contributed by atoms with Crippen LogP contribution in [0.5, 0.6) is 5.75 Å². The number of benzene rings is 1. The molecule has 1 aliphatic rings. The topological polar surface area (TPSA) is 9.23 Å². The summed E-state index contributed by atoms with van der Waals surface area (Å²) in [5.74, 6) is 1.85. The number of rotatable bonds is 6. The van der Waals surface area contributed by atoms with Gasteiger partial charge in [-0.05, 0) is 43.4 Å². The van der Waals surface area contributed by atoms with Crippen LogP contribution in [0.25, 0.3) is 0 Å². The summed E-state index contributed by atoms with van der Waals surface area (Å²) in [5.41, 5.74) is 1.22. The predicted molar refractivity (Wildman–Crippen MR) is 82.0 cm³/mol. The maximum absolute atomic E-state index is 6.51. The van der Waals surface area contributed by atoms with Crippen LogP contribution in [0.1, 0.15) is 62.8 Å². The second-order valence-corrected chi connectivity index (χ2v) is 6.08. The van der Waals surface area contributed by atoms with Gasteiger partial charge in [-0.3, -0.25) is 0 Å². The number of hydrogen-bond donors (Lipinski definition) is 0. The van der Waals surface area contributed by atoms with E-state index in [0.29, 0.717) is 6.61 Å². The Kier molecular flexibility index (Phi) is 6.03. The Morgan fingerprint density at radius 3 is 2.47 bits per heavy atom. The van der Waals surface area contributed by atoms with Gasteiger partial charge >= 0.3 is 0 Å². The molecule has 0 heterocycles. The summed E-state index contributed by atoms with van der Waals surface area (Å²) in [5, 5.41) is 0.151. The average Bonchev–Trinajstić information content (AvgIpc) is 2.47. The maximum Gasteiger partial charge on any atom is 0.119 e. The van der Waals surface area contributed by atoms with E-state index in [4.69, 9.17) is 16.3 Å². The quantitative estimate of drug-likeness (QED) is 0.605. The lowest BCUT2D eigenvalue weighted by Crippen LogP contribution is -2.07. The molecule has 0 bridgehead atoms. The van der Waals surface area contributed by atoms with E-state index in [0.717, 1.165) is 18.1 Å². The Balaban J connectivity index is 1.79. The number of hydrogen-bond acceptors (Lipinski definition) is 1. The van der Waals surface area contributed by atoms with Crippen molar-refractivity contribution < 1.29 is 4.74 Å². The Morgan fingerprint density at radius 2 is 1.84 bits per heavy atom. The highest BCUT2D eigenvalue weighted by Gasteiger charge is 2.16. The van der Waals surface area contributed by atoms with Crippen LogP contribution < -0.4 is 4.74 Å². The largest absolute Gasteiger partial charge is 0.494 e. The van der Waals surface area contributed by atoms with Crippen molar-refractivity contribution in [3.63, 3.8) is 0 Å².